The van der Waals surface area contributed by atoms with Crippen LogP contribution in [-0.4, -0.2) is 9.97 Å². The number of aromatic amines is 1. The lowest BCUT2D eigenvalue weighted by atomic mass is 10.3. The highest BCUT2D eigenvalue weighted by Gasteiger charge is 2.01. The highest BCUT2D eigenvalue weighted by Crippen LogP contribution is 2.25. The smallest absolute Gasteiger partial charge is 0.251 e. The minimum Gasteiger partial charge on any atom is -0.399 e. The summed E-state index contributed by atoms with van der Waals surface area (Å²) in [6, 6.07) is 8.93. The summed E-state index contributed by atoms with van der Waals surface area (Å²) in [6.07, 6.45) is 0. The van der Waals surface area contributed by atoms with Crippen LogP contribution in [0.2, 0.25) is 0 Å². The molecule has 1 aromatic carbocycles. The van der Waals surface area contributed by atoms with E-state index >= 15 is 0 Å². The lowest BCUT2D eigenvalue weighted by molar-refractivity contribution is 0.940. The molecule has 0 radical (unpaired) electrons. The summed E-state index contributed by atoms with van der Waals surface area (Å²) in [6.45, 7) is 1.76. The monoisotopic (exact) mass is 233 g/mol. The van der Waals surface area contributed by atoms with E-state index in [-0.39, 0.29) is 5.56 Å². The largest absolute Gasteiger partial charge is 0.399 e. The number of nitrogens with two attached hydrogens (primary N) is 1. The maximum Gasteiger partial charge on any atom is 0.251 e. The SMILES string of the molecule is Cc1nc(Sc2ccc(N)cc2)cc(=O)[nH]1. The molecule has 16 heavy (non-hydrogen) atoms. The van der Waals surface area contributed by atoms with Gasteiger partial charge < -0.3 is 10.7 Å². The fourth-order valence-corrected chi connectivity index (χ4v) is 2.12. The standard InChI is InChI=1S/C11H11N3OS/c1-7-13-10(15)6-11(14-7)16-9-4-2-8(12)3-5-9/h2-6H,12H2,1H3,(H,13,14,15). The lowest BCUT2D eigenvalue weighted by Crippen LogP contribution is -2.07. The molecule has 0 saturated carbocycles. The highest BCUT2D eigenvalue weighted by atomic mass is 32.2. The Balaban J connectivity index is 2.26. The van der Waals surface area contributed by atoms with Crippen molar-refractivity contribution in [3.8, 4) is 0 Å². The average molecular weight is 233 g/mol. The van der Waals surface area contributed by atoms with Gasteiger partial charge in [-0.2, -0.15) is 0 Å². The third-order valence-corrected chi connectivity index (χ3v) is 2.87. The van der Waals surface area contributed by atoms with Gasteiger partial charge in [0.15, 0.2) is 0 Å². The van der Waals surface area contributed by atoms with Crippen molar-refractivity contribution in [1.82, 2.24) is 9.97 Å². The molecule has 1 aromatic heterocycles. The van der Waals surface area contributed by atoms with Gasteiger partial charge in [0, 0.05) is 16.6 Å². The molecule has 5 heteroatoms. The van der Waals surface area contributed by atoms with Crippen molar-refractivity contribution in [3.63, 3.8) is 0 Å². The number of aryl methyl sites for hydroxylation is 1. The van der Waals surface area contributed by atoms with Gasteiger partial charge in [0.1, 0.15) is 10.9 Å². The molecule has 0 aliphatic rings. The second-order valence-corrected chi connectivity index (χ2v) is 4.43. The van der Waals surface area contributed by atoms with E-state index in [0.29, 0.717) is 10.9 Å². The molecule has 0 amide bonds. The summed E-state index contributed by atoms with van der Waals surface area (Å²) in [5.41, 5.74) is 6.18. The molecule has 0 atom stereocenters. The van der Waals surface area contributed by atoms with Crippen LogP contribution in [0, 0.1) is 6.92 Å². The summed E-state index contributed by atoms with van der Waals surface area (Å²) in [5, 5.41) is 0.686. The number of hydrogen-bond acceptors (Lipinski definition) is 4. The van der Waals surface area contributed by atoms with Crippen LogP contribution >= 0.6 is 11.8 Å². The van der Waals surface area contributed by atoms with Gasteiger partial charge in [0.2, 0.25) is 0 Å². The Labute approximate surface area is 96.9 Å². The zero-order valence-electron chi connectivity index (χ0n) is 8.73. The Bertz CT molecular complexity index is 548. The van der Waals surface area contributed by atoms with Crippen molar-refractivity contribution in [2.75, 3.05) is 5.73 Å². The minimum absolute atomic E-state index is 0.134. The van der Waals surface area contributed by atoms with Gasteiger partial charge in [-0.3, -0.25) is 4.79 Å². The van der Waals surface area contributed by atoms with Gasteiger partial charge in [-0.25, -0.2) is 4.98 Å². The van der Waals surface area contributed by atoms with Crippen molar-refractivity contribution in [1.29, 1.82) is 0 Å². The molecule has 2 rings (SSSR count). The Morgan fingerprint density at radius 3 is 2.62 bits per heavy atom. The number of hydrogen-bond donors (Lipinski definition) is 2. The van der Waals surface area contributed by atoms with Gasteiger partial charge >= 0.3 is 0 Å². The lowest BCUT2D eigenvalue weighted by Gasteiger charge is -2.01. The molecule has 0 fully saturated rings. The zero-order valence-corrected chi connectivity index (χ0v) is 9.54. The zero-order chi connectivity index (χ0) is 11.5. The quantitative estimate of drug-likeness (QED) is 0.613. The maximum atomic E-state index is 11.2. The van der Waals surface area contributed by atoms with Crippen LogP contribution in [0.1, 0.15) is 5.82 Å². The maximum absolute atomic E-state index is 11.2. The molecule has 0 bridgehead atoms. The third-order valence-electron chi connectivity index (χ3n) is 1.94. The second kappa shape index (κ2) is 4.40. The van der Waals surface area contributed by atoms with E-state index in [2.05, 4.69) is 9.97 Å². The molecule has 82 valence electrons. The number of rotatable bonds is 2. The topological polar surface area (TPSA) is 71.8 Å². The van der Waals surface area contributed by atoms with Crippen LogP contribution in [0.4, 0.5) is 5.69 Å². The van der Waals surface area contributed by atoms with E-state index in [1.807, 2.05) is 24.3 Å². The summed E-state index contributed by atoms with van der Waals surface area (Å²) in [7, 11) is 0. The summed E-state index contributed by atoms with van der Waals surface area (Å²) >= 11 is 1.44. The van der Waals surface area contributed by atoms with Crippen LogP contribution in [-0.2, 0) is 0 Å². The Morgan fingerprint density at radius 2 is 2.00 bits per heavy atom. The number of nitrogens with zero attached hydrogens (tertiary/aromatic N) is 1. The average Bonchev–Trinajstić information content (AvgIpc) is 2.20. The fourth-order valence-electron chi connectivity index (χ4n) is 1.26. The van der Waals surface area contributed by atoms with Crippen molar-refractivity contribution < 1.29 is 0 Å². The van der Waals surface area contributed by atoms with Crippen molar-refractivity contribution in [2.45, 2.75) is 16.8 Å². The first-order valence-electron chi connectivity index (χ1n) is 4.75. The molecule has 0 spiro atoms. The summed E-state index contributed by atoms with van der Waals surface area (Å²) < 4.78 is 0. The molecular weight excluding hydrogens is 222 g/mol. The number of aromatic nitrogens is 2. The van der Waals surface area contributed by atoms with E-state index < -0.39 is 0 Å². The van der Waals surface area contributed by atoms with Crippen LogP contribution < -0.4 is 11.3 Å². The van der Waals surface area contributed by atoms with Gasteiger partial charge in [0.05, 0.1) is 0 Å². The van der Waals surface area contributed by atoms with Crippen molar-refractivity contribution >= 4 is 17.4 Å². The number of anilines is 1. The first kappa shape index (κ1) is 10.8. The Kier molecular flexibility index (Phi) is 2.96. The molecule has 0 saturated heterocycles. The van der Waals surface area contributed by atoms with E-state index in [0.717, 1.165) is 10.6 Å². The van der Waals surface area contributed by atoms with Gasteiger partial charge in [0.25, 0.3) is 5.56 Å². The van der Waals surface area contributed by atoms with Crippen LogP contribution in [0.15, 0.2) is 45.0 Å². The first-order valence-corrected chi connectivity index (χ1v) is 5.56. The van der Waals surface area contributed by atoms with Crippen molar-refractivity contribution in [2.24, 2.45) is 0 Å². The number of nitrogen functional groups attached to an aromatic ring is 1. The molecule has 4 nitrogen and oxygen atoms in total. The predicted molar refractivity (Wildman–Crippen MR) is 64.6 cm³/mol. The summed E-state index contributed by atoms with van der Waals surface area (Å²) in [5.74, 6) is 0.616. The molecule has 0 unspecified atom stereocenters. The molecule has 3 N–H and O–H groups in total. The van der Waals surface area contributed by atoms with E-state index in [1.54, 1.807) is 6.92 Å². The Hall–Kier alpha value is -1.75. The number of H-pyrrole nitrogens is 1. The fraction of sp³-hybridized carbons (Fsp3) is 0.0909. The molecule has 1 heterocycles. The molecular formula is C11H11N3OS. The molecule has 0 aliphatic carbocycles. The van der Waals surface area contributed by atoms with Gasteiger partial charge in [-0.1, -0.05) is 11.8 Å². The van der Waals surface area contributed by atoms with Crippen LogP contribution in [0.25, 0.3) is 0 Å². The van der Waals surface area contributed by atoms with Gasteiger partial charge in [-0.05, 0) is 31.2 Å². The second-order valence-electron chi connectivity index (χ2n) is 3.34. The molecule has 2 aromatic rings. The molecule has 0 aliphatic heterocycles. The van der Waals surface area contributed by atoms with Crippen LogP contribution in [0.3, 0.4) is 0 Å². The number of nitrogens with one attached hydrogen (secondary N) is 1. The van der Waals surface area contributed by atoms with Crippen LogP contribution in [0.5, 0.6) is 0 Å². The highest BCUT2D eigenvalue weighted by molar-refractivity contribution is 7.99. The van der Waals surface area contributed by atoms with E-state index in [1.165, 1.54) is 17.8 Å². The minimum atomic E-state index is -0.134. The number of benzene rings is 1. The van der Waals surface area contributed by atoms with Gasteiger partial charge in [-0.15, -0.1) is 0 Å². The normalized spacial score (nSPS) is 10.3. The van der Waals surface area contributed by atoms with E-state index in [4.69, 9.17) is 5.73 Å². The third kappa shape index (κ3) is 2.64. The summed E-state index contributed by atoms with van der Waals surface area (Å²) in [4.78, 5) is 19.1. The Morgan fingerprint density at radius 1 is 1.31 bits per heavy atom. The van der Waals surface area contributed by atoms with E-state index in [9.17, 15) is 4.79 Å². The predicted octanol–water partition coefficient (Wildman–Crippen LogP) is 1.81. The first-order chi connectivity index (χ1) is 7.63. The van der Waals surface area contributed by atoms with Crippen molar-refractivity contribution in [3.05, 3.63) is 46.5 Å².